The molecule has 2 aromatic heterocycles. The number of pyridine rings is 2. The fourth-order valence-corrected chi connectivity index (χ4v) is 1.10. The van der Waals surface area contributed by atoms with Crippen LogP contribution in [-0.4, -0.2) is 17.1 Å². The Morgan fingerprint density at radius 2 is 2.42 bits per heavy atom. The molecule has 0 aliphatic heterocycles. The molecule has 0 bridgehead atoms. The van der Waals surface area contributed by atoms with Gasteiger partial charge in [-0.3, -0.25) is 4.98 Å². The fraction of sp³-hybridized carbons (Fsp3) is 0.111. The van der Waals surface area contributed by atoms with E-state index in [-0.39, 0.29) is 0 Å². The van der Waals surface area contributed by atoms with Gasteiger partial charge in [0.1, 0.15) is 0 Å². The smallest absolute Gasteiger partial charge is 0.221 e. The van der Waals surface area contributed by atoms with Gasteiger partial charge in [-0.15, -0.1) is 0 Å². The normalized spacial score (nSPS) is 10.1. The highest BCUT2D eigenvalue weighted by molar-refractivity contribution is 5.85. The Bertz CT molecular complexity index is 395. The molecule has 3 nitrogen and oxygen atoms in total. The Kier molecular flexibility index (Phi) is 1.63. The summed E-state index contributed by atoms with van der Waals surface area (Å²) in [7, 11) is 1.60. The summed E-state index contributed by atoms with van der Waals surface area (Å²) in [5.41, 5.74) is 0. The van der Waals surface area contributed by atoms with E-state index in [0.717, 1.165) is 10.8 Å². The molecule has 0 aliphatic carbocycles. The second-order valence-corrected chi connectivity index (χ2v) is 2.35. The molecule has 0 N–H and O–H groups in total. The van der Waals surface area contributed by atoms with E-state index in [1.165, 1.54) is 0 Å². The molecule has 3 heteroatoms. The lowest BCUT2D eigenvalue weighted by Gasteiger charge is -2.01. The summed E-state index contributed by atoms with van der Waals surface area (Å²) in [6.07, 6.45) is 6.17. The van der Waals surface area contributed by atoms with E-state index in [4.69, 9.17) is 4.74 Å². The number of rotatable bonds is 1. The van der Waals surface area contributed by atoms with Gasteiger partial charge < -0.3 is 4.74 Å². The van der Waals surface area contributed by atoms with E-state index in [2.05, 4.69) is 16.2 Å². The molecule has 0 atom stereocenters. The Morgan fingerprint density at radius 3 is 3.25 bits per heavy atom. The van der Waals surface area contributed by atoms with Crippen molar-refractivity contribution in [1.29, 1.82) is 0 Å². The van der Waals surface area contributed by atoms with Crippen LogP contribution in [0.5, 0.6) is 5.88 Å². The molecule has 2 aromatic rings. The third kappa shape index (κ3) is 0.993. The number of hydrogen-bond donors (Lipinski definition) is 0. The van der Waals surface area contributed by atoms with Gasteiger partial charge in [0, 0.05) is 23.2 Å². The van der Waals surface area contributed by atoms with Crippen LogP contribution in [0, 0.1) is 6.20 Å². The van der Waals surface area contributed by atoms with Crippen LogP contribution in [0.2, 0.25) is 0 Å². The number of nitrogens with zero attached hydrogens (tertiary/aromatic N) is 2. The van der Waals surface area contributed by atoms with E-state index >= 15 is 0 Å². The van der Waals surface area contributed by atoms with Gasteiger partial charge in [-0.25, -0.2) is 4.98 Å². The lowest BCUT2D eigenvalue weighted by Crippen LogP contribution is -1.88. The van der Waals surface area contributed by atoms with Gasteiger partial charge >= 0.3 is 0 Å². The Balaban J connectivity index is 2.79. The summed E-state index contributed by atoms with van der Waals surface area (Å²) in [6.45, 7) is 0. The highest BCUT2D eigenvalue weighted by Gasteiger charge is 1.99. The molecular weight excluding hydrogens is 152 g/mol. The Labute approximate surface area is 70.0 Å². The maximum Gasteiger partial charge on any atom is 0.221 e. The van der Waals surface area contributed by atoms with Crippen LogP contribution in [0.3, 0.4) is 0 Å². The molecule has 0 unspecified atom stereocenters. The lowest BCUT2D eigenvalue weighted by atomic mass is 10.2. The molecule has 0 fully saturated rings. The van der Waals surface area contributed by atoms with E-state index in [9.17, 15) is 0 Å². The molecule has 0 saturated heterocycles. The number of methoxy groups -OCH3 is 1. The zero-order valence-electron chi connectivity index (χ0n) is 6.61. The van der Waals surface area contributed by atoms with Crippen molar-refractivity contribution in [1.82, 2.24) is 9.97 Å². The molecule has 12 heavy (non-hydrogen) atoms. The monoisotopic (exact) mass is 159 g/mol. The van der Waals surface area contributed by atoms with Gasteiger partial charge in [0.25, 0.3) is 0 Å². The molecule has 1 radical (unpaired) electrons. The predicted octanol–water partition coefficient (Wildman–Crippen LogP) is 1.44. The standard InChI is InChI=1S/C9H7N2O/c1-12-9-8-3-4-10-6-7(8)2-5-11-9/h2-3,5-6H,1H3. The topological polar surface area (TPSA) is 35.0 Å². The van der Waals surface area contributed by atoms with Crippen molar-refractivity contribution in [2.45, 2.75) is 0 Å². The van der Waals surface area contributed by atoms with E-state index < -0.39 is 0 Å². The highest BCUT2D eigenvalue weighted by Crippen LogP contribution is 2.20. The minimum atomic E-state index is 0.617. The Morgan fingerprint density at radius 1 is 1.50 bits per heavy atom. The third-order valence-electron chi connectivity index (χ3n) is 1.67. The first kappa shape index (κ1) is 7.03. The first-order valence-corrected chi connectivity index (χ1v) is 3.56. The SMILES string of the molecule is COc1nccc2cn[c]cc12. The minimum absolute atomic E-state index is 0.617. The molecule has 2 rings (SSSR count). The summed E-state index contributed by atoms with van der Waals surface area (Å²) in [5.74, 6) is 0.617. The van der Waals surface area contributed by atoms with Crippen molar-refractivity contribution in [2.24, 2.45) is 0 Å². The second kappa shape index (κ2) is 2.77. The van der Waals surface area contributed by atoms with Gasteiger partial charge in [0.2, 0.25) is 5.88 Å². The fourth-order valence-electron chi connectivity index (χ4n) is 1.10. The number of fused-ring (bicyclic) bond motifs is 1. The third-order valence-corrected chi connectivity index (χ3v) is 1.67. The van der Waals surface area contributed by atoms with Gasteiger partial charge in [-0.1, -0.05) is 0 Å². The molecule has 0 saturated carbocycles. The Hall–Kier alpha value is -1.64. The van der Waals surface area contributed by atoms with E-state index in [1.807, 2.05) is 6.07 Å². The zero-order valence-corrected chi connectivity index (χ0v) is 6.61. The quantitative estimate of drug-likeness (QED) is 0.631. The van der Waals surface area contributed by atoms with Crippen LogP contribution in [0.1, 0.15) is 0 Å². The summed E-state index contributed by atoms with van der Waals surface area (Å²) < 4.78 is 5.07. The van der Waals surface area contributed by atoms with Crippen molar-refractivity contribution in [3.63, 3.8) is 0 Å². The predicted molar refractivity (Wildman–Crippen MR) is 44.9 cm³/mol. The van der Waals surface area contributed by atoms with Crippen molar-refractivity contribution in [3.8, 4) is 5.88 Å². The maximum atomic E-state index is 5.07. The van der Waals surface area contributed by atoms with Crippen LogP contribution in [0.4, 0.5) is 0 Å². The van der Waals surface area contributed by atoms with Crippen molar-refractivity contribution < 1.29 is 4.74 Å². The molecule has 0 aromatic carbocycles. The highest BCUT2D eigenvalue weighted by atomic mass is 16.5. The zero-order chi connectivity index (χ0) is 8.39. The summed E-state index contributed by atoms with van der Waals surface area (Å²) >= 11 is 0. The average Bonchev–Trinajstić information content (AvgIpc) is 2.17. The lowest BCUT2D eigenvalue weighted by molar-refractivity contribution is 0.403. The minimum Gasteiger partial charge on any atom is -0.481 e. The summed E-state index contributed by atoms with van der Waals surface area (Å²) in [4.78, 5) is 7.94. The molecule has 0 amide bonds. The first-order valence-electron chi connectivity index (χ1n) is 3.56. The second-order valence-electron chi connectivity index (χ2n) is 2.35. The van der Waals surface area contributed by atoms with Crippen LogP contribution >= 0.6 is 0 Å². The van der Waals surface area contributed by atoms with E-state index in [1.54, 1.807) is 25.6 Å². The molecule has 0 aliphatic rings. The van der Waals surface area contributed by atoms with Crippen molar-refractivity contribution >= 4 is 10.8 Å². The van der Waals surface area contributed by atoms with Gasteiger partial charge in [0.15, 0.2) is 0 Å². The first-order chi connectivity index (χ1) is 5.92. The van der Waals surface area contributed by atoms with Crippen LogP contribution < -0.4 is 4.74 Å². The number of hydrogen-bond acceptors (Lipinski definition) is 3. The number of aromatic nitrogens is 2. The van der Waals surface area contributed by atoms with Crippen LogP contribution in [0.15, 0.2) is 24.5 Å². The largest absolute Gasteiger partial charge is 0.481 e. The molecule has 59 valence electrons. The molecular formula is C9H7N2O. The summed E-state index contributed by atoms with van der Waals surface area (Å²) in [6, 6.07) is 3.65. The van der Waals surface area contributed by atoms with Crippen molar-refractivity contribution in [3.05, 3.63) is 30.7 Å². The molecule has 2 heterocycles. The van der Waals surface area contributed by atoms with E-state index in [0.29, 0.717) is 5.88 Å². The molecule has 0 spiro atoms. The van der Waals surface area contributed by atoms with Gasteiger partial charge in [-0.2, -0.15) is 0 Å². The summed E-state index contributed by atoms with van der Waals surface area (Å²) in [5, 5.41) is 1.95. The van der Waals surface area contributed by atoms with Gasteiger partial charge in [-0.05, 0) is 12.1 Å². The van der Waals surface area contributed by atoms with Gasteiger partial charge in [0.05, 0.1) is 13.3 Å². The average molecular weight is 159 g/mol. The number of ether oxygens (including phenoxy) is 1. The maximum absolute atomic E-state index is 5.07. The van der Waals surface area contributed by atoms with Crippen molar-refractivity contribution in [2.75, 3.05) is 7.11 Å². The van der Waals surface area contributed by atoms with Crippen LogP contribution in [0.25, 0.3) is 10.8 Å². The van der Waals surface area contributed by atoms with Crippen LogP contribution in [-0.2, 0) is 0 Å².